The van der Waals surface area contributed by atoms with Crippen LogP contribution in [0.15, 0.2) is 28.7 Å². The van der Waals surface area contributed by atoms with Crippen LogP contribution in [0.2, 0.25) is 0 Å². The largest absolute Gasteiger partial charge is 0.309 e. The first-order valence-corrected chi connectivity index (χ1v) is 8.27. The summed E-state index contributed by atoms with van der Waals surface area (Å²) >= 11 is 3.50. The maximum atomic E-state index is 3.81. The molecule has 0 atom stereocenters. The van der Waals surface area contributed by atoms with Crippen molar-refractivity contribution in [2.45, 2.75) is 44.2 Å². The van der Waals surface area contributed by atoms with Gasteiger partial charge in [0.1, 0.15) is 0 Å². The van der Waals surface area contributed by atoms with Crippen LogP contribution in [0.4, 0.5) is 0 Å². The number of nitrogens with one attached hydrogen (secondary N) is 1. The Bertz CT molecular complexity index is 404. The van der Waals surface area contributed by atoms with Crippen molar-refractivity contribution in [1.82, 2.24) is 10.2 Å². The molecular weight excluding hydrogens is 300 g/mol. The molecule has 19 heavy (non-hydrogen) atoms. The normalized spacial score (nSPS) is 23.6. The second-order valence-corrected chi connectivity index (χ2v) is 7.02. The number of benzene rings is 1. The number of halogens is 1. The van der Waals surface area contributed by atoms with E-state index in [2.05, 4.69) is 50.4 Å². The third-order valence-electron chi connectivity index (χ3n) is 4.58. The molecule has 1 aromatic carbocycles. The lowest BCUT2D eigenvalue weighted by Gasteiger charge is -2.46. The molecule has 0 unspecified atom stereocenters. The van der Waals surface area contributed by atoms with Gasteiger partial charge in [-0.3, -0.25) is 4.90 Å². The van der Waals surface area contributed by atoms with E-state index in [1.165, 1.54) is 55.2 Å². The minimum atomic E-state index is 0.422. The lowest BCUT2D eigenvalue weighted by Crippen LogP contribution is -2.60. The molecule has 1 aliphatic carbocycles. The fraction of sp³-hybridized carbons (Fsp3) is 0.625. The van der Waals surface area contributed by atoms with E-state index in [9.17, 15) is 0 Å². The van der Waals surface area contributed by atoms with E-state index in [0.717, 1.165) is 13.1 Å². The molecule has 2 nitrogen and oxygen atoms in total. The maximum Gasteiger partial charge on any atom is 0.0309 e. The van der Waals surface area contributed by atoms with Gasteiger partial charge in [0.25, 0.3) is 0 Å². The molecule has 1 saturated heterocycles. The first-order valence-electron chi connectivity index (χ1n) is 7.48. The van der Waals surface area contributed by atoms with Crippen LogP contribution < -0.4 is 5.32 Å². The van der Waals surface area contributed by atoms with Crippen LogP contribution in [0.1, 0.15) is 37.7 Å². The van der Waals surface area contributed by atoms with Gasteiger partial charge >= 0.3 is 0 Å². The highest BCUT2D eigenvalue weighted by atomic mass is 79.9. The Labute approximate surface area is 124 Å². The zero-order valence-electron chi connectivity index (χ0n) is 11.5. The predicted molar refractivity (Wildman–Crippen MR) is 83.2 cm³/mol. The Hall–Kier alpha value is -0.380. The summed E-state index contributed by atoms with van der Waals surface area (Å²) in [4.78, 5) is 2.63. The van der Waals surface area contributed by atoms with Crippen LogP contribution in [0.5, 0.6) is 0 Å². The summed E-state index contributed by atoms with van der Waals surface area (Å²) in [7, 11) is 0. The lowest BCUT2D eigenvalue weighted by atomic mass is 9.80. The maximum absolute atomic E-state index is 3.81. The van der Waals surface area contributed by atoms with Gasteiger partial charge in [0.2, 0.25) is 0 Å². The third-order valence-corrected chi connectivity index (χ3v) is 5.11. The molecule has 1 saturated carbocycles. The number of rotatable bonds is 2. The molecule has 1 N–H and O–H groups in total. The molecule has 0 bridgehead atoms. The zero-order chi connectivity index (χ0) is 13.1. The molecule has 1 spiro atoms. The summed E-state index contributed by atoms with van der Waals surface area (Å²) in [5.74, 6) is 0. The Morgan fingerprint density at radius 1 is 1.11 bits per heavy atom. The van der Waals surface area contributed by atoms with E-state index >= 15 is 0 Å². The van der Waals surface area contributed by atoms with Gasteiger partial charge in [-0.1, -0.05) is 47.3 Å². The number of nitrogens with zero attached hydrogens (tertiary/aromatic N) is 1. The molecule has 0 aromatic heterocycles. The average Bonchev–Trinajstić information content (AvgIpc) is 2.42. The second kappa shape index (κ2) is 5.94. The fourth-order valence-electron chi connectivity index (χ4n) is 3.59. The molecule has 1 aromatic rings. The molecule has 0 amide bonds. The Morgan fingerprint density at radius 3 is 2.58 bits per heavy atom. The van der Waals surface area contributed by atoms with Crippen molar-refractivity contribution < 1.29 is 0 Å². The van der Waals surface area contributed by atoms with Crippen LogP contribution in [-0.2, 0) is 6.54 Å². The second-order valence-electron chi connectivity index (χ2n) is 6.10. The summed E-state index contributed by atoms with van der Waals surface area (Å²) in [5, 5.41) is 3.81. The molecular formula is C16H23BrN2. The highest BCUT2D eigenvalue weighted by molar-refractivity contribution is 9.10. The van der Waals surface area contributed by atoms with E-state index < -0.39 is 0 Å². The van der Waals surface area contributed by atoms with E-state index in [4.69, 9.17) is 0 Å². The van der Waals surface area contributed by atoms with Crippen LogP contribution >= 0.6 is 15.9 Å². The molecule has 1 heterocycles. The highest BCUT2D eigenvalue weighted by Crippen LogP contribution is 2.31. The number of piperazine rings is 1. The summed E-state index contributed by atoms with van der Waals surface area (Å²) < 4.78 is 1.17. The smallest absolute Gasteiger partial charge is 0.0309 e. The first-order chi connectivity index (χ1) is 9.26. The quantitative estimate of drug-likeness (QED) is 0.895. The highest BCUT2D eigenvalue weighted by Gasteiger charge is 2.35. The van der Waals surface area contributed by atoms with Crippen molar-refractivity contribution in [3.05, 3.63) is 34.3 Å². The van der Waals surface area contributed by atoms with Crippen LogP contribution in [0, 0.1) is 0 Å². The molecule has 3 heteroatoms. The summed E-state index contributed by atoms with van der Waals surface area (Å²) in [5.41, 5.74) is 1.85. The monoisotopic (exact) mass is 322 g/mol. The Kier molecular flexibility index (Phi) is 4.25. The molecule has 0 radical (unpaired) electrons. The van der Waals surface area contributed by atoms with E-state index in [1.54, 1.807) is 0 Å². The van der Waals surface area contributed by atoms with Gasteiger partial charge in [0.05, 0.1) is 0 Å². The predicted octanol–water partition coefficient (Wildman–Crippen LogP) is 3.56. The SMILES string of the molecule is Brc1ccc(CN2CCNC3(CCCCC3)C2)cc1. The van der Waals surface area contributed by atoms with Crippen LogP contribution in [0.3, 0.4) is 0 Å². The van der Waals surface area contributed by atoms with Gasteiger partial charge in [0.15, 0.2) is 0 Å². The molecule has 1 aliphatic heterocycles. The van der Waals surface area contributed by atoms with Crippen molar-refractivity contribution in [3.8, 4) is 0 Å². The van der Waals surface area contributed by atoms with Gasteiger partial charge in [-0.2, -0.15) is 0 Å². The minimum Gasteiger partial charge on any atom is -0.309 e. The Morgan fingerprint density at radius 2 is 1.84 bits per heavy atom. The van der Waals surface area contributed by atoms with Gasteiger partial charge in [0, 0.05) is 36.2 Å². The molecule has 3 rings (SSSR count). The van der Waals surface area contributed by atoms with Gasteiger partial charge in [-0.25, -0.2) is 0 Å². The number of hydrogen-bond donors (Lipinski definition) is 1. The van der Waals surface area contributed by atoms with Gasteiger partial charge < -0.3 is 5.32 Å². The molecule has 2 fully saturated rings. The standard InChI is InChI=1S/C16H23BrN2/c17-15-6-4-14(5-7-15)12-19-11-10-18-16(13-19)8-2-1-3-9-16/h4-7,18H,1-3,8-13H2. The Balaban J connectivity index is 1.63. The van der Waals surface area contributed by atoms with Crippen molar-refractivity contribution in [2.75, 3.05) is 19.6 Å². The molecule has 104 valence electrons. The fourth-order valence-corrected chi connectivity index (χ4v) is 3.85. The molecule has 2 aliphatic rings. The van der Waals surface area contributed by atoms with Gasteiger partial charge in [-0.15, -0.1) is 0 Å². The van der Waals surface area contributed by atoms with Crippen molar-refractivity contribution in [1.29, 1.82) is 0 Å². The van der Waals surface area contributed by atoms with Gasteiger partial charge in [-0.05, 0) is 30.5 Å². The zero-order valence-corrected chi connectivity index (χ0v) is 13.1. The average molecular weight is 323 g/mol. The lowest BCUT2D eigenvalue weighted by molar-refractivity contribution is 0.0945. The van der Waals surface area contributed by atoms with Crippen molar-refractivity contribution >= 4 is 15.9 Å². The van der Waals surface area contributed by atoms with E-state index in [-0.39, 0.29) is 0 Å². The summed E-state index contributed by atoms with van der Waals surface area (Å²) in [6, 6.07) is 8.77. The summed E-state index contributed by atoms with van der Waals surface area (Å²) in [6.45, 7) is 4.65. The third kappa shape index (κ3) is 3.39. The topological polar surface area (TPSA) is 15.3 Å². The van der Waals surface area contributed by atoms with Crippen molar-refractivity contribution in [3.63, 3.8) is 0 Å². The van der Waals surface area contributed by atoms with E-state index in [0.29, 0.717) is 5.54 Å². The van der Waals surface area contributed by atoms with E-state index in [1.807, 2.05) is 0 Å². The van der Waals surface area contributed by atoms with Crippen LogP contribution in [-0.4, -0.2) is 30.1 Å². The summed E-state index contributed by atoms with van der Waals surface area (Å²) in [6.07, 6.45) is 6.96. The van der Waals surface area contributed by atoms with Crippen LogP contribution in [0.25, 0.3) is 0 Å². The first kappa shape index (κ1) is 13.6. The minimum absolute atomic E-state index is 0.422. The van der Waals surface area contributed by atoms with Crippen molar-refractivity contribution in [2.24, 2.45) is 0 Å². The number of hydrogen-bond acceptors (Lipinski definition) is 2.